The van der Waals surface area contributed by atoms with Gasteiger partial charge in [0.2, 0.25) is 0 Å². The fourth-order valence-corrected chi connectivity index (χ4v) is 0.236. The summed E-state index contributed by atoms with van der Waals surface area (Å²) in [6.45, 7) is 6.36. The number of hydrogen-bond donors (Lipinski definition) is 0. The zero-order valence-electron chi connectivity index (χ0n) is 6.95. The molecule has 0 spiro atoms. The van der Waals surface area contributed by atoms with Gasteiger partial charge >= 0.3 is 16.8 Å². The summed E-state index contributed by atoms with van der Waals surface area (Å²) in [6, 6.07) is 0. The van der Waals surface area contributed by atoms with Crippen LogP contribution < -0.4 is 10.2 Å². The van der Waals surface area contributed by atoms with E-state index < -0.39 is 11.9 Å². The molecule has 0 aromatic heterocycles. The third-order valence-corrected chi connectivity index (χ3v) is 0.622. The predicted octanol–water partition coefficient (Wildman–Crippen LogP) is -1.38. The maximum absolute atomic E-state index is 9.42. The van der Waals surface area contributed by atoms with Gasteiger partial charge in [0.25, 0.3) is 0 Å². The molecular weight excluding hydrogens is 219 g/mol. The fourth-order valence-electron chi connectivity index (χ4n) is 0.236. The number of rotatable bonds is 4. The Kier molecular flexibility index (Phi) is 18.6. The zero-order valence-corrected chi connectivity index (χ0v) is 7.99. The van der Waals surface area contributed by atoms with Crippen molar-refractivity contribution in [2.45, 2.75) is 12.8 Å². The molecule has 5 heteroatoms. The van der Waals surface area contributed by atoms with Crippen molar-refractivity contribution in [2.24, 2.45) is 0 Å². The van der Waals surface area contributed by atoms with Gasteiger partial charge in [-0.3, -0.25) is 0 Å². The molecule has 0 saturated heterocycles. The van der Waals surface area contributed by atoms with E-state index in [0.717, 1.165) is 0 Å². The Morgan fingerprint density at radius 2 is 1.23 bits per heavy atom. The van der Waals surface area contributed by atoms with Gasteiger partial charge in [0.05, 0.1) is 0 Å². The molecule has 0 aromatic rings. The van der Waals surface area contributed by atoms with Crippen LogP contribution in [0.5, 0.6) is 0 Å². The molecule has 75 valence electrons. The number of aliphatic carboxylic acids is 2. The number of hydrogen-bond acceptors (Lipinski definition) is 4. The monoisotopic (exact) mass is 229 g/mol. The Morgan fingerprint density at radius 3 is 1.23 bits per heavy atom. The molecule has 0 amide bonds. The quantitative estimate of drug-likeness (QED) is 0.556. The predicted molar refractivity (Wildman–Crippen MR) is 39.6 cm³/mol. The third-order valence-electron chi connectivity index (χ3n) is 0.622. The van der Waals surface area contributed by atoms with Crippen LogP contribution >= 0.6 is 0 Å². The van der Waals surface area contributed by atoms with Gasteiger partial charge in [0.1, 0.15) is 0 Å². The molecule has 0 rings (SSSR count). The minimum absolute atomic E-state index is 0. The second kappa shape index (κ2) is 13.5. The van der Waals surface area contributed by atoms with Gasteiger partial charge in [-0.15, -0.1) is 13.2 Å². The third kappa shape index (κ3) is 35.9. The Labute approximate surface area is 87.2 Å². The normalized spacial score (nSPS) is 6.77. The van der Waals surface area contributed by atoms with Crippen LogP contribution in [-0.4, -0.2) is 11.9 Å². The topological polar surface area (TPSA) is 80.3 Å². The second-order valence-electron chi connectivity index (χ2n) is 1.73. The first-order valence-electron chi connectivity index (χ1n) is 3.16. The van der Waals surface area contributed by atoms with Crippen molar-refractivity contribution in [2.75, 3.05) is 0 Å². The summed E-state index contributed by atoms with van der Waals surface area (Å²) in [4.78, 5) is 18.8. The van der Waals surface area contributed by atoms with Gasteiger partial charge < -0.3 is 19.8 Å². The van der Waals surface area contributed by atoms with Gasteiger partial charge in [-0.1, -0.05) is 12.2 Å². The molecule has 0 bridgehead atoms. The largest absolute Gasteiger partial charge is 2.00 e. The summed E-state index contributed by atoms with van der Waals surface area (Å²) in [5.41, 5.74) is 0. The maximum atomic E-state index is 9.42. The van der Waals surface area contributed by atoms with Crippen molar-refractivity contribution >= 4 is 11.9 Å². The number of carbonyl (C=O) groups excluding carboxylic acids is 2. The van der Waals surface area contributed by atoms with E-state index in [9.17, 15) is 19.8 Å². The van der Waals surface area contributed by atoms with Gasteiger partial charge in [-0.05, 0) is 0 Å². The number of carboxylic acids is 2. The van der Waals surface area contributed by atoms with E-state index in [1.165, 1.54) is 12.2 Å². The first-order valence-corrected chi connectivity index (χ1v) is 3.16. The number of carbonyl (C=O) groups is 2. The van der Waals surface area contributed by atoms with Crippen LogP contribution in [0.25, 0.3) is 0 Å². The van der Waals surface area contributed by atoms with Gasteiger partial charge in [0.15, 0.2) is 0 Å². The molecular formula is C8H10CoO4. The number of carboxylic acid groups (broad SMARTS) is 2. The average Bonchev–Trinajstić information content (AvgIpc) is 1.87. The zero-order chi connectivity index (χ0) is 9.98. The van der Waals surface area contributed by atoms with E-state index in [1.807, 2.05) is 0 Å². The molecule has 0 aliphatic carbocycles. The van der Waals surface area contributed by atoms with E-state index in [1.54, 1.807) is 0 Å². The van der Waals surface area contributed by atoms with Crippen LogP contribution in [0.1, 0.15) is 12.8 Å². The van der Waals surface area contributed by atoms with Crippen molar-refractivity contribution in [3.63, 3.8) is 0 Å². The molecule has 0 heterocycles. The summed E-state index contributed by atoms with van der Waals surface area (Å²) in [7, 11) is 0. The average molecular weight is 229 g/mol. The van der Waals surface area contributed by atoms with Crippen LogP contribution in [0, 0.1) is 0 Å². The molecule has 0 fully saturated rings. The molecule has 0 aliphatic rings. The van der Waals surface area contributed by atoms with Crippen LogP contribution in [0.4, 0.5) is 0 Å². The second-order valence-corrected chi connectivity index (χ2v) is 1.73. The van der Waals surface area contributed by atoms with Crippen LogP contribution in [0.3, 0.4) is 0 Å². The summed E-state index contributed by atoms with van der Waals surface area (Å²) < 4.78 is 0. The Hall–Kier alpha value is -1.07. The molecule has 0 N–H and O–H groups in total. The summed E-state index contributed by atoms with van der Waals surface area (Å²) in [5, 5.41) is 18.8. The first kappa shape index (κ1) is 17.9. The standard InChI is InChI=1S/2C4H6O2.Co/c2*1-2-3-4(5)6;/h2*2H,1,3H2,(H,5,6);/q;;+2/p-2. The summed E-state index contributed by atoms with van der Waals surface area (Å²) in [6.07, 6.45) is 2.46. The molecule has 0 saturated carbocycles. The Morgan fingerprint density at radius 1 is 1.00 bits per heavy atom. The Balaban J connectivity index is -0.000000143. The minimum Gasteiger partial charge on any atom is -0.550 e. The first-order chi connectivity index (χ1) is 5.54. The van der Waals surface area contributed by atoms with Crippen molar-refractivity contribution < 1.29 is 36.6 Å². The van der Waals surface area contributed by atoms with Crippen molar-refractivity contribution in [3.05, 3.63) is 25.3 Å². The Bertz CT molecular complexity index is 157. The van der Waals surface area contributed by atoms with Crippen molar-refractivity contribution in [1.29, 1.82) is 0 Å². The van der Waals surface area contributed by atoms with Gasteiger partial charge in [-0.25, -0.2) is 0 Å². The summed E-state index contributed by atoms with van der Waals surface area (Å²) >= 11 is 0. The van der Waals surface area contributed by atoms with Crippen LogP contribution in [0.15, 0.2) is 25.3 Å². The van der Waals surface area contributed by atoms with Gasteiger partial charge in [0, 0.05) is 24.8 Å². The molecule has 4 nitrogen and oxygen atoms in total. The van der Waals surface area contributed by atoms with Gasteiger partial charge in [-0.2, -0.15) is 0 Å². The van der Waals surface area contributed by atoms with Crippen LogP contribution in [0.2, 0.25) is 0 Å². The van der Waals surface area contributed by atoms with E-state index in [2.05, 4.69) is 13.2 Å². The van der Waals surface area contributed by atoms with Crippen molar-refractivity contribution in [1.82, 2.24) is 0 Å². The molecule has 1 radical (unpaired) electrons. The summed E-state index contributed by atoms with van der Waals surface area (Å²) in [5.74, 6) is -2.16. The van der Waals surface area contributed by atoms with E-state index in [-0.39, 0.29) is 29.6 Å². The fraction of sp³-hybridized carbons (Fsp3) is 0.250. The molecule has 0 aliphatic heterocycles. The molecule has 13 heavy (non-hydrogen) atoms. The van der Waals surface area contributed by atoms with E-state index >= 15 is 0 Å². The van der Waals surface area contributed by atoms with Crippen molar-refractivity contribution in [3.8, 4) is 0 Å². The van der Waals surface area contributed by atoms with Crippen LogP contribution in [-0.2, 0) is 26.4 Å². The molecule has 0 atom stereocenters. The SMILES string of the molecule is C=CCC(=O)[O-].C=CCC(=O)[O-].[Co+2]. The molecule has 0 unspecified atom stereocenters. The minimum atomic E-state index is -1.08. The maximum Gasteiger partial charge on any atom is 2.00 e. The van der Waals surface area contributed by atoms with E-state index in [4.69, 9.17) is 0 Å². The van der Waals surface area contributed by atoms with E-state index in [0.29, 0.717) is 0 Å². The smallest absolute Gasteiger partial charge is 0.550 e. The molecule has 0 aromatic carbocycles.